The molecule has 0 bridgehead atoms. The summed E-state index contributed by atoms with van der Waals surface area (Å²) in [6, 6.07) is 3.61. The van der Waals surface area contributed by atoms with E-state index in [0.29, 0.717) is 17.4 Å². The van der Waals surface area contributed by atoms with E-state index in [9.17, 15) is 0 Å². The maximum atomic E-state index is 5.58. The first-order chi connectivity index (χ1) is 6.63. The van der Waals surface area contributed by atoms with Crippen LogP contribution in [0.5, 0.6) is 0 Å². The highest BCUT2D eigenvalue weighted by atomic mass is 15.0. The van der Waals surface area contributed by atoms with Crippen molar-refractivity contribution in [3.63, 3.8) is 0 Å². The van der Waals surface area contributed by atoms with E-state index in [-0.39, 0.29) is 0 Å². The lowest BCUT2D eigenvalue weighted by Crippen LogP contribution is -2.12. The molecule has 1 aromatic rings. The number of hydrogen-bond acceptors (Lipinski definition) is 4. The number of aromatic nitrogens is 1. The standard InChI is InChI=1S/C10H18N4/c1-3-7(2)6-13-9-5-4-8(11)10(12)14-9/h4-5,7H,3,6,11H2,1-2H3,(H3,12,13,14). The summed E-state index contributed by atoms with van der Waals surface area (Å²) in [4.78, 5) is 4.12. The van der Waals surface area contributed by atoms with Crippen LogP contribution in [-0.4, -0.2) is 11.5 Å². The van der Waals surface area contributed by atoms with Gasteiger partial charge >= 0.3 is 0 Å². The van der Waals surface area contributed by atoms with Crippen LogP contribution < -0.4 is 16.8 Å². The van der Waals surface area contributed by atoms with E-state index < -0.39 is 0 Å². The smallest absolute Gasteiger partial charge is 0.149 e. The quantitative estimate of drug-likeness (QED) is 0.682. The number of anilines is 3. The number of hydrogen-bond donors (Lipinski definition) is 3. The summed E-state index contributed by atoms with van der Waals surface area (Å²) in [6.45, 7) is 5.26. The number of nitrogens with one attached hydrogen (secondary N) is 1. The molecule has 0 aliphatic heterocycles. The van der Waals surface area contributed by atoms with Gasteiger partial charge in [-0.2, -0.15) is 0 Å². The van der Waals surface area contributed by atoms with Gasteiger partial charge in [-0.25, -0.2) is 4.98 Å². The van der Waals surface area contributed by atoms with Crippen LogP contribution in [0, 0.1) is 5.92 Å². The van der Waals surface area contributed by atoms with Crippen LogP contribution >= 0.6 is 0 Å². The third-order valence-corrected chi connectivity index (χ3v) is 2.29. The Labute approximate surface area is 84.7 Å². The molecule has 0 fully saturated rings. The maximum absolute atomic E-state index is 5.58. The third-order valence-electron chi connectivity index (χ3n) is 2.29. The Hall–Kier alpha value is -1.45. The van der Waals surface area contributed by atoms with Crippen LogP contribution in [0.1, 0.15) is 20.3 Å². The summed E-state index contributed by atoms with van der Waals surface area (Å²) in [5, 5.41) is 3.22. The Balaban J connectivity index is 2.55. The van der Waals surface area contributed by atoms with Crippen molar-refractivity contribution >= 4 is 17.3 Å². The molecule has 0 saturated heterocycles. The molecule has 4 nitrogen and oxygen atoms in total. The van der Waals surface area contributed by atoms with Crippen molar-refractivity contribution in [2.45, 2.75) is 20.3 Å². The summed E-state index contributed by atoms with van der Waals surface area (Å²) < 4.78 is 0. The summed E-state index contributed by atoms with van der Waals surface area (Å²) in [5.74, 6) is 1.81. The summed E-state index contributed by atoms with van der Waals surface area (Å²) in [5.41, 5.74) is 11.7. The monoisotopic (exact) mass is 194 g/mol. The van der Waals surface area contributed by atoms with Gasteiger partial charge in [0.15, 0.2) is 0 Å². The van der Waals surface area contributed by atoms with Gasteiger partial charge in [0, 0.05) is 6.54 Å². The van der Waals surface area contributed by atoms with Gasteiger partial charge in [-0.15, -0.1) is 0 Å². The molecule has 0 spiro atoms. The molecule has 1 aromatic heterocycles. The lowest BCUT2D eigenvalue weighted by molar-refractivity contribution is 0.592. The molecule has 0 aliphatic carbocycles. The zero-order chi connectivity index (χ0) is 10.6. The molecule has 1 heterocycles. The summed E-state index contributed by atoms with van der Waals surface area (Å²) in [7, 11) is 0. The number of nitrogen functional groups attached to an aromatic ring is 2. The number of rotatable bonds is 4. The molecular formula is C10H18N4. The lowest BCUT2D eigenvalue weighted by atomic mass is 10.1. The maximum Gasteiger partial charge on any atom is 0.149 e. The zero-order valence-electron chi connectivity index (χ0n) is 8.75. The molecule has 0 radical (unpaired) electrons. The Bertz CT molecular complexity index is 298. The van der Waals surface area contributed by atoms with Gasteiger partial charge < -0.3 is 16.8 Å². The highest BCUT2D eigenvalue weighted by molar-refractivity contribution is 5.61. The van der Waals surface area contributed by atoms with Crippen LogP contribution in [0.3, 0.4) is 0 Å². The average Bonchev–Trinajstić information content (AvgIpc) is 2.19. The van der Waals surface area contributed by atoms with Crippen molar-refractivity contribution < 1.29 is 0 Å². The highest BCUT2D eigenvalue weighted by Crippen LogP contribution is 2.15. The van der Waals surface area contributed by atoms with E-state index in [2.05, 4.69) is 24.1 Å². The van der Waals surface area contributed by atoms with Gasteiger partial charge in [0.1, 0.15) is 11.6 Å². The van der Waals surface area contributed by atoms with Crippen LogP contribution in [0.15, 0.2) is 12.1 Å². The SMILES string of the molecule is CCC(C)CNc1ccc(N)c(N)n1. The van der Waals surface area contributed by atoms with E-state index >= 15 is 0 Å². The molecule has 0 aliphatic rings. The number of nitrogens with zero attached hydrogens (tertiary/aromatic N) is 1. The van der Waals surface area contributed by atoms with Crippen molar-refractivity contribution in [2.24, 2.45) is 5.92 Å². The third kappa shape index (κ3) is 2.80. The van der Waals surface area contributed by atoms with E-state index in [1.165, 1.54) is 0 Å². The Morgan fingerprint density at radius 2 is 2.14 bits per heavy atom. The lowest BCUT2D eigenvalue weighted by Gasteiger charge is -2.11. The van der Waals surface area contributed by atoms with Crippen molar-refractivity contribution in [1.29, 1.82) is 0 Å². The van der Waals surface area contributed by atoms with Crippen LogP contribution in [0.4, 0.5) is 17.3 Å². The Kier molecular flexibility index (Phi) is 3.56. The van der Waals surface area contributed by atoms with E-state index in [1.807, 2.05) is 6.07 Å². The summed E-state index contributed by atoms with van der Waals surface area (Å²) >= 11 is 0. The first kappa shape index (κ1) is 10.6. The van der Waals surface area contributed by atoms with Gasteiger partial charge in [-0.3, -0.25) is 0 Å². The largest absolute Gasteiger partial charge is 0.396 e. The van der Waals surface area contributed by atoms with Crippen LogP contribution in [-0.2, 0) is 0 Å². The van der Waals surface area contributed by atoms with Crippen molar-refractivity contribution in [3.05, 3.63) is 12.1 Å². The van der Waals surface area contributed by atoms with E-state index in [0.717, 1.165) is 18.8 Å². The Morgan fingerprint density at radius 3 is 2.71 bits per heavy atom. The van der Waals surface area contributed by atoms with Gasteiger partial charge in [-0.05, 0) is 18.1 Å². The minimum atomic E-state index is 0.388. The van der Waals surface area contributed by atoms with Crippen molar-refractivity contribution in [3.8, 4) is 0 Å². The zero-order valence-corrected chi connectivity index (χ0v) is 8.75. The molecule has 1 atom stereocenters. The normalized spacial score (nSPS) is 12.4. The van der Waals surface area contributed by atoms with Gasteiger partial charge in [0.25, 0.3) is 0 Å². The van der Waals surface area contributed by atoms with Gasteiger partial charge in [0.2, 0.25) is 0 Å². The molecule has 0 saturated carbocycles. The van der Waals surface area contributed by atoms with Gasteiger partial charge in [0.05, 0.1) is 5.69 Å². The molecule has 1 unspecified atom stereocenters. The predicted octanol–water partition coefficient (Wildman–Crippen LogP) is 1.70. The second-order valence-electron chi connectivity index (χ2n) is 3.57. The van der Waals surface area contributed by atoms with Gasteiger partial charge in [-0.1, -0.05) is 20.3 Å². The molecule has 78 valence electrons. The van der Waals surface area contributed by atoms with Crippen LogP contribution in [0.25, 0.3) is 0 Å². The molecule has 0 aromatic carbocycles. The fourth-order valence-electron chi connectivity index (χ4n) is 1.01. The van der Waals surface area contributed by atoms with Crippen molar-refractivity contribution in [1.82, 2.24) is 4.98 Å². The first-order valence-electron chi connectivity index (χ1n) is 4.89. The molecule has 14 heavy (non-hydrogen) atoms. The number of pyridine rings is 1. The molecular weight excluding hydrogens is 176 g/mol. The fraction of sp³-hybridized carbons (Fsp3) is 0.500. The first-order valence-corrected chi connectivity index (χ1v) is 4.89. The topological polar surface area (TPSA) is 77.0 Å². The second kappa shape index (κ2) is 4.69. The highest BCUT2D eigenvalue weighted by Gasteiger charge is 2.01. The molecule has 0 amide bonds. The molecule has 1 rings (SSSR count). The van der Waals surface area contributed by atoms with E-state index in [1.54, 1.807) is 6.07 Å². The predicted molar refractivity (Wildman–Crippen MR) is 61.0 cm³/mol. The summed E-state index contributed by atoms with van der Waals surface area (Å²) in [6.07, 6.45) is 1.15. The minimum absolute atomic E-state index is 0.388. The van der Waals surface area contributed by atoms with Crippen molar-refractivity contribution in [2.75, 3.05) is 23.3 Å². The Morgan fingerprint density at radius 1 is 1.43 bits per heavy atom. The average molecular weight is 194 g/mol. The minimum Gasteiger partial charge on any atom is -0.396 e. The van der Waals surface area contributed by atoms with Crippen LogP contribution in [0.2, 0.25) is 0 Å². The molecule has 5 N–H and O–H groups in total. The second-order valence-corrected chi connectivity index (χ2v) is 3.57. The molecule has 4 heteroatoms. The fourth-order valence-corrected chi connectivity index (χ4v) is 1.01. The number of nitrogens with two attached hydrogens (primary N) is 2. The van der Waals surface area contributed by atoms with E-state index in [4.69, 9.17) is 11.5 Å².